The predicted molar refractivity (Wildman–Crippen MR) is 67.9 cm³/mol. The summed E-state index contributed by atoms with van der Waals surface area (Å²) in [5.41, 5.74) is 0.411. The second-order valence-electron chi connectivity index (χ2n) is 4.68. The van der Waals surface area contributed by atoms with Gasteiger partial charge in [0, 0.05) is 13.1 Å². The summed E-state index contributed by atoms with van der Waals surface area (Å²) < 4.78 is 37.0. The highest BCUT2D eigenvalue weighted by Gasteiger charge is 2.26. The Morgan fingerprint density at radius 3 is 2.57 bits per heavy atom. The van der Waals surface area contributed by atoms with Crippen LogP contribution in [0.25, 0.3) is 0 Å². The molecule has 0 fully saturated rings. The highest BCUT2D eigenvalue weighted by molar-refractivity contribution is 5.39. The predicted octanol–water partition coefficient (Wildman–Crippen LogP) is 1.31. The Kier molecular flexibility index (Phi) is 5.67. The van der Waals surface area contributed by atoms with Gasteiger partial charge in [0.1, 0.15) is 11.4 Å². The first-order valence-electron chi connectivity index (χ1n) is 6.25. The van der Waals surface area contributed by atoms with E-state index < -0.39 is 23.6 Å². The van der Waals surface area contributed by atoms with Crippen molar-refractivity contribution in [2.75, 3.05) is 13.1 Å². The van der Waals surface area contributed by atoms with Crippen molar-refractivity contribution in [3.8, 4) is 0 Å². The SMILES string of the molecule is Cc1nn(CC(O)CNCCC(F)(F)F)c(C)c1[N+](=O)[O-]. The molecule has 21 heavy (non-hydrogen) atoms. The molecule has 1 atom stereocenters. The van der Waals surface area contributed by atoms with Crippen LogP contribution in [-0.4, -0.2) is 45.2 Å². The van der Waals surface area contributed by atoms with E-state index >= 15 is 0 Å². The van der Waals surface area contributed by atoms with Crippen molar-refractivity contribution in [3.05, 3.63) is 21.5 Å². The van der Waals surface area contributed by atoms with Gasteiger partial charge in [-0.2, -0.15) is 18.3 Å². The number of halogens is 3. The Morgan fingerprint density at radius 2 is 2.10 bits per heavy atom. The Hall–Kier alpha value is -1.68. The van der Waals surface area contributed by atoms with Crippen LogP contribution in [0.4, 0.5) is 18.9 Å². The molecule has 1 heterocycles. The summed E-state index contributed by atoms with van der Waals surface area (Å²) in [6, 6.07) is 0. The lowest BCUT2D eigenvalue weighted by Gasteiger charge is -2.13. The summed E-state index contributed by atoms with van der Waals surface area (Å²) in [7, 11) is 0. The fourth-order valence-electron chi connectivity index (χ4n) is 1.89. The topological polar surface area (TPSA) is 93.2 Å². The molecule has 1 unspecified atom stereocenters. The Labute approximate surface area is 118 Å². The van der Waals surface area contributed by atoms with Gasteiger partial charge in [-0.15, -0.1) is 0 Å². The molecule has 7 nitrogen and oxygen atoms in total. The number of aryl methyl sites for hydroxylation is 1. The molecule has 0 bridgehead atoms. The van der Waals surface area contributed by atoms with Crippen molar-refractivity contribution in [1.29, 1.82) is 0 Å². The van der Waals surface area contributed by atoms with Gasteiger partial charge in [0.2, 0.25) is 0 Å². The van der Waals surface area contributed by atoms with E-state index in [1.807, 2.05) is 0 Å². The molecule has 0 aliphatic carbocycles. The Bertz CT molecular complexity index is 502. The average Bonchev–Trinajstić information content (AvgIpc) is 2.58. The lowest BCUT2D eigenvalue weighted by molar-refractivity contribution is -0.386. The van der Waals surface area contributed by atoms with Crippen LogP contribution < -0.4 is 5.32 Å². The number of nitrogens with one attached hydrogen (secondary N) is 1. The zero-order valence-corrected chi connectivity index (χ0v) is 11.6. The van der Waals surface area contributed by atoms with E-state index in [0.29, 0.717) is 5.69 Å². The number of hydrogen-bond donors (Lipinski definition) is 2. The molecule has 0 saturated carbocycles. The maximum absolute atomic E-state index is 11.9. The van der Waals surface area contributed by atoms with Gasteiger partial charge in [0.15, 0.2) is 0 Å². The summed E-state index contributed by atoms with van der Waals surface area (Å²) >= 11 is 0. The van der Waals surface area contributed by atoms with Crippen LogP contribution in [0.3, 0.4) is 0 Å². The molecule has 1 rings (SSSR count). The maximum atomic E-state index is 11.9. The minimum atomic E-state index is -4.24. The number of aliphatic hydroxyl groups excluding tert-OH is 1. The van der Waals surface area contributed by atoms with Crippen molar-refractivity contribution in [1.82, 2.24) is 15.1 Å². The van der Waals surface area contributed by atoms with E-state index in [4.69, 9.17) is 0 Å². The van der Waals surface area contributed by atoms with E-state index in [1.54, 1.807) is 0 Å². The van der Waals surface area contributed by atoms with E-state index in [1.165, 1.54) is 18.5 Å². The van der Waals surface area contributed by atoms with Gasteiger partial charge in [-0.3, -0.25) is 14.8 Å². The molecule has 0 radical (unpaired) electrons. The fourth-order valence-corrected chi connectivity index (χ4v) is 1.89. The number of aliphatic hydroxyl groups is 1. The Morgan fingerprint density at radius 1 is 1.48 bits per heavy atom. The van der Waals surface area contributed by atoms with Gasteiger partial charge in [-0.05, 0) is 13.8 Å². The van der Waals surface area contributed by atoms with Gasteiger partial charge in [-0.25, -0.2) is 0 Å². The van der Waals surface area contributed by atoms with Crippen LogP contribution in [0.1, 0.15) is 17.8 Å². The highest BCUT2D eigenvalue weighted by Crippen LogP contribution is 2.22. The normalized spacial score (nSPS) is 13.4. The lowest BCUT2D eigenvalue weighted by Crippen LogP contribution is -2.33. The Balaban J connectivity index is 2.50. The first kappa shape index (κ1) is 17.4. The molecule has 120 valence electrons. The number of aromatic nitrogens is 2. The smallest absolute Gasteiger partial charge is 0.390 e. The maximum Gasteiger partial charge on any atom is 0.390 e. The lowest BCUT2D eigenvalue weighted by atomic mass is 10.3. The largest absolute Gasteiger partial charge is 0.390 e. The van der Waals surface area contributed by atoms with E-state index in [2.05, 4.69) is 10.4 Å². The van der Waals surface area contributed by atoms with Gasteiger partial charge >= 0.3 is 11.9 Å². The van der Waals surface area contributed by atoms with E-state index in [-0.39, 0.29) is 31.0 Å². The number of rotatable bonds is 7. The summed E-state index contributed by atoms with van der Waals surface area (Å²) in [5, 5.41) is 27.0. The average molecular weight is 310 g/mol. The fraction of sp³-hybridized carbons (Fsp3) is 0.727. The van der Waals surface area contributed by atoms with Crippen molar-refractivity contribution in [3.63, 3.8) is 0 Å². The standard InChI is InChI=1S/C11H17F3N4O3/c1-7-10(18(20)21)8(2)17(16-7)6-9(19)5-15-4-3-11(12,13)14/h9,15,19H,3-6H2,1-2H3. The molecule has 0 aliphatic heterocycles. The van der Waals surface area contributed by atoms with Crippen molar-refractivity contribution in [2.45, 2.75) is 39.1 Å². The molecule has 0 aliphatic rings. The second kappa shape index (κ2) is 6.85. The third kappa shape index (κ3) is 5.31. The number of nitro groups is 1. The molecule has 0 spiro atoms. The number of nitrogens with zero attached hydrogens (tertiary/aromatic N) is 3. The van der Waals surface area contributed by atoms with Gasteiger partial charge in [0.05, 0.1) is 24.0 Å². The summed E-state index contributed by atoms with van der Waals surface area (Å²) in [5.74, 6) is 0. The number of alkyl halides is 3. The van der Waals surface area contributed by atoms with Crippen molar-refractivity contribution < 1.29 is 23.2 Å². The summed E-state index contributed by atoms with van der Waals surface area (Å²) in [6.07, 6.45) is -6.21. The molecule has 0 aromatic carbocycles. The van der Waals surface area contributed by atoms with Crippen LogP contribution in [0.2, 0.25) is 0 Å². The van der Waals surface area contributed by atoms with Crippen LogP contribution in [-0.2, 0) is 6.54 Å². The first-order chi connectivity index (χ1) is 9.61. The van der Waals surface area contributed by atoms with Crippen LogP contribution in [0.15, 0.2) is 0 Å². The molecule has 1 aromatic heterocycles. The highest BCUT2D eigenvalue weighted by atomic mass is 19.4. The van der Waals surface area contributed by atoms with Crippen LogP contribution in [0.5, 0.6) is 0 Å². The van der Waals surface area contributed by atoms with Gasteiger partial charge in [-0.1, -0.05) is 0 Å². The van der Waals surface area contributed by atoms with Crippen LogP contribution in [0, 0.1) is 24.0 Å². The molecular formula is C11H17F3N4O3. The minimum absolute atomic E-state index is 0.0282. The van der Waals surface area contributed by atoms with E-state index in [9.17, 15) is 28.4 Å². The van der Waals surface area contributed by atoms with Gasteiger partial charge < -0.3 is 10.4 Å². The zero-order chi connectivity index (χ0) is 16.2. The second-order valence-corrected chi connectivity index (χ2v) is 4.68. The van der Waals surface area contributed by atoms with E-state index in [0.717, 1.165) is 0 Å². The molecular weight excluding hydrogens is 293 g/mol. The quantitative estimate of drug-likeness (QED) is 0.450. The van der Waals surface area contributed by atoms with Gasteiger partial charge in [0.25, 0.3) is 0 Å². The minimum Gasteiger partial charge on any atom is -0.390 e. The summed E-state index contributed by atoms with van der Waals surface area (Å²) in [4.78, 5) is 10.3. The molecule has 0 saturated heterocycles. The van der Waals surface area contributed by atoms with Crippen LogP contribution >= 0.6 is 0 Å². The van der Waals surface area contributed by atoms with Crippen molar-refractivity contribution >= 4 is 5.69 Å². The number of hydrogen-bond acceptors (Lipinski definition) is 5. The summed E-state index contributed by atoms with van der Waals surface area (Å²) in [6.45, 7) is 2.61. The third-order valence-electron chi connectivity index (χ3n) is 2.87. The third-order valence-corrected chi connectivity index (χ3v) is 2.87. The molecule has 0 amide bonds. The molecule has 1 aromatic rings. The zero-order valence-electron chi connectivity index (χ0n) is 11.6. The molecule has 10 heteroatoms. The monoisotopic (exact) mass is 310 g/mol. The van der Waals surface area contributed by atoms with Crippen molar-refractivity contribution in [2.24, 2.45) is 0 Å². The molecule has 2 N–H and O–H groups in total. The first-order valence-corrected chi connectivity index (χ1v) is 6.25.